The molecule has 0 unspecified atom stereocenters. The van der Waals surface area contributed by atoms with Crippen LogP contribution in [0.15, 0.2) is 18.2 Å². The largest absolute Gasteiger partial charge is 0.369 e. The van der Waals surface area contributed by atoms with Crippen LogP contribution in [0.2, 0.25) is 0 Å². The van der Waals surface area contributed by atoms with E-state index in [1.807, 2.05) is 13.0 Å². The number of benzene rings is 1. The minimum Gasteiger partial charge on any atom is -0.369 e. The number of amides is 1. The third-order valence-corrected chi connectivity index (χ3v) is 4.01. The molecular formula is C16H26N4O. The fraction of sp³-hybridized carbons (Fsp3) is 0.562. The average molecular weight is 290 g/mol. The van der Waals surface area contributed by atoms with Crippen LogP contribution >= 0.6 is 0 Å². The van der Waals surface area contributed by atoms with E-state index >= 15 is 0 Å². The summed E-state index contributed by atoms with van der Waals surface area (Å²) in [6.07, 6.45) is 0. The highest BCUT2D eigenvalue weighted by Crippen LogP contribution is 2.23. The minimum atomic E-state index is -0.00934. The van der Waals surface area contributed by atoms with Crippen LogP contribution in [0, 0.1) is 6.92 Å². The zero-order valence-electron chi connectivity index (χ0n) is 13.3. The summed E-state index contributed by atoms with van der Waals surface area (Å²) in [5.74, 6) is -0.00934. The first-order chi connectivity index (χ1) is 10.1. The molecule has 1 fully saturated rings. The lowest BCUT2D eigenvalue weighted by Gasteiger charge is -2.35. The highest BCUT2D eigenvalue weighted by Gasteiger charge is 2.16. The Labute approximate surface area is 127 Å². The van der Waals surface area contributed by atoms with Gasteiger partial charge in [-0.05, 0) is 44.3 Å². The Morgan fingerprint density at radius 3 is 2.52 bits per heavy atom. The summed E-state index contributed by atoms with van der Waals surface area (Å²) < 4.78 is 0. The Kier molecular flexibility index (Phi) is 5.59. The molecule has 2 rings (SSSR count). The van der Waals surface area contributed by atoms with Gasteiger partial charge in [0.25, 0.3) is 0 Å². The zero-order chi connectivity index (χ0) is 15.2. The summed E-state index contributed by atoms with van der Waals surface area (Å²) in [7, 11) is 1.77. The van der Waals surface area contributed by atoms with Crippen LogP contribution in [-0.4, -0.2) is 57.1 Å². The second-order valence-electron chi connectivity index (χ2n) is 5.50. The van der Waals surface area contributed by atoms with Crippen molar-refractivity contribution in [3.05, 3.63) is 23.8 Å². The molecule has 0 bridgehead atoms. The first kappa shape index (κ1) is 15.8. The normalized spacial score (nSPS) is 16.0. The predicted octanol–water partition coefficient (Wildman–Crippen LogP) is 1.29. The molecule has 1 aromatic rings. The Hall–Kier alpha value is -1.59. The van der Waals surface area contributed by atoms with E-state index in [0.717, 1.165) is 44.0 Å². The van der Waals surface area contributed by atoms with Crippen LogP contribution < -0.4 is 15.5 Å². The van der Waals surface area contributed by atoms with Gasteiger partial charge in [0.1, 0.15) is 0 Å². The molecule has 116 valence electrons. The van der Waals surface area contributed by atoms with Gasteiger partial charge in [0, 0.05) is 37.6 Å². The minimum absolute atomic E-state index is 0.00934. The molecule has 0 aromatic heterocycles. The smallest absolute Gasteiger partial charge is 0.238 e. The Morgan fingerprint density at radius 2 is 1.95 bits per heavy atom. The number of nitrogens with zero attached hydrogens (tertiary/aromatic N) is 2. The zero-order valence-corrected chi connectivity index (χ0v) is 13.3. The number of hydrogen-bond donors (Lipinski definition) is 2. The van der Waals surface area contributed by atoms with Crippen molar-refractivity contribution in [2.45, 2.75) is 13.8 Å². The van der Waals surface area contributed by atoms with E-state index < -0.39 is 0 Å². The number of carbonyl (C=O) groups excluding carboxylic acids is 1. The van der Waals surface area contributed by atoms with Crippen LogP contribution in [-0.2, 0) is 4.79 Å². The van der Waals surface area contributed by atoms with E-state index in [4.69, 9.17) is 0 Å². The van der Waals surface area contributed by atoms with E-state index in [-0.39, 0.29) is 5.91 Å². The number of rotatable bonds is 5. The van der Waals surface area contributed by atoms with Crippen molar-refractivity contribution in [3.8, 4) is 0 Å². The topological polar surface area (TPSA) is 47.6 Å². The van der Waals surface area contributed by atoms with Crippen molar-refractivity contribution >= 4 is 17.3 Å². The van der Waals surface area contributed by atoms with Gasteiger partial charge < -0.3 is 20.4 Å². The lowest BCUT2D eigenvalue weighted by atomic mass is 10.1. The molecule has 1 aliphatic heterocycles. The highest BCUT2D eigenvalue weighted by atomic mass is 16.1. The molecule has 0 aliphatic carbocycles. The summed E-state index contributed by atoms with van der Waals surface area (Å²) in [5, 5.41) is 5.78. The number of likely N-dealkylation sites (N-methyl/N-ethyl adjacent to an activating group) is 2. The number of anilines is 2. The van der Waals surface area contributed by atoms with Crippen LogP contribution in [0.5, 0.6) is 0 Å². The van der Waals surface area contributed by atoms with Crippen molar-refractivity contribution in [2.24, 2.45) is 0 Å². The van der Waals surface area contributed by atoms with Crippen LogP contribution in [0.1, 0.15) is 12.5 Å². The van der Waals surface area contributed by atoms with Gasteiger partial charge in [0.05, 0.1) is 6.54 Å². The number of hydrogen-bond acceptors (Lipinski definition) is 4. The molecular weight excluding hydrogens is 264 g/mol. The lowest BCUT2D eigenvalue weighted by Crippen LogP contribution is -2.46. The van der Waals surface area contributed by atoms with Crippen LogP contribution in [0.4, 0.5) is 11.4 Å². The Bertz CT molecular complexity index is 481. The van der Waals surface area contributed by atoms with Gasteiger partial charge in [-0.3, -0.25) is 4.79 Å². The molecule has 5 heteroatoms. The maximum Gasteiger partial charge on any atom is 0.238 e. The van der Waals surface area contributed by atoms with Gasteiger partial charge in [-0.15, -0.1) is 0 Å². The molecule has 1 saturated heterocycles. The molecule has 0 atom stereocenters. The second kappa shape index (κ2) is 7.43. The molecule has 1 aromatic carbocycles. The van der Waals surface area contributed by atoms with Crippen molar-refractivity contribution in [1.82, 2.24) is 10.2 Å². The van der Waals surface area contributed by atoms with E-state index in [1.54, 1.807) is 7.05 Å². The van der Waals surface area contributed by atoms with E-state index in [9.17, 15) is 4.79 Å². The molecule has 0 radical (unpaired) electrons. The first-order valence-corrected chi connectivity index (χ1v) is 7.66. The van der Waals surface area contributed by atoms with Crippen molar-refractivity contribution in [1.29, 1.82) is 0 Å². The third-order valence-electron chi connectivity index (χ3n) is 4.01. The lowest BCUT2D eigenvalue weighted by molar-refractivity contribution is -0.115. The molecule has 1 aliphatic rings. The van der Waals surface area contributed by atoms with Crippen molar-refractivity contribution in [3.63, 3.8) is 0 Å². The third kappa shape index (κ3) is 4.19. The quantitative estimate of drug-likeness (QED) is 0.858. The Balaban J connectivity index is 2.00. The summed E-state index contributed by atoms with van der Waals surface area (Å²) in [5.41, 5.74) is 3.25. The molecule has 21 heavy (non-hydrogen) atoms. The second-order valence-corrected chi connectivity index (χ2v) is 5.50. The van der Waals surface area contributed by atoms with Crippen molar-refractivity contribution in [2.75, 3.05) is 56.5 Å². The van der Waals surface area contributed by atoms with E-state index in [2.05, 4.69) is 39.5 Å². The fourth-order valence-corrected chi connectivity index (χ4v) is 2.66. The van der Waals surface area contributed by atoms with Gasteiger partial charge in [-0.2, -0.15) is 0 Å². The molecule has 1 heterocycles. The predicted molar refractivity (Wildman–Crippen MR) is 88.1 cm³/mol. The summed E-state index contributed by atoms with van der Waals surface area (Å²) in [6, 6.07) is 6.27. The Morgan fingerprint density at radius 1 is 1.24 bits per heavy atom. The molecule has 0 spiro atoms. The standard InChI is InChI=1S/C16H26N4O/c1-4-19-7-9-20(10-8-19)14-5-6-15(13(2)11-14)18-16(21)12-17-3/h5-6,11,17H,4,7-10,12H2,1-3H3,(H,18,21). The number of aryl methyl sites for hydroxylation is 1. The number of nitrogens with one attached hydrogen (secondary N) is 2. The summed E-state index contributed by atoms with van der Waals surface area (Å²) >= 11 is 0. The van der Waals surface area contributed by atoms with Crippen LogP contribution in [0.3, 0.4) is 0 Å². The monoisotopic (exact) mass is 290 g/mol. The van der Waals surface area contributed by atoms with Gasteiger partial charge in [-0.1, -0.05) is 6.92 Å². The fourth-order valence-electron chi connectivity index (χ4n) is 2.66. The van der Waals surface area contributed by atoms with Gasteiger partial charge >= 0.3 is 0 Å². The summed E-state index contributed by atoms with van der Waals surface area (Å²) in [6.45, 7) is 10.1. The highest BCUT2D eigenvalue weighted by molar-refractivity contribution is 5.93. The molecule has 0 saturated carbocycles. The van der Waals surface area contributed by atoms with Crippen LogP contribution in [0.25, 0.3) is 0 Å². The molecule has 2 N–H and O–H groups in total. The first-order valence-electron chi connectivity index (χ1n) is 7.66. The number of carbonyl (C=O) groups is 1. The molecule has 1 amide bonds. The van der Waals surface area contributed by atoms with E-state index in [1.165, 1.54) is 5.69 Å². The molecule has 5 nitrogen and oxygen atoms in total. The van der Waals surface area contributed by atoms with Gasteiger partial charge in [0.2, 0.25) is 5.91 Å². The SMILES string of the molecule is CCN1CCN(c2ccc(NC(=O)CNC)c(C)c2)CC1. The van der Waals surface area contributed by atoms with E-state index in [0.29, 0.717) is 6.54 Å². The maximum atomic E-state index is 11.6. The van der Waals surface area contributed by atoms with Crippen molar-refractivity contribution < 1.29 is 4.79 Å². The van der Waals surface area contributed by atoms with Gasteiger partial charge in [-0.25, -0.2) is 0 Å². The summed E-state index contributed by atoms with van der Waals surface area (Å²) in [4.78, 5) is 16.5. The number of piperazine rings is 1. The maximum absolute atomic E-state index is 11.6. The average Bonchev–Trinajstić information content (AvgIpc) is 2.50. The van der Waals surface area contributed by atoms with Gasteiger partial charge in [0.15, 0.2) is 0 Å².